The van der Waals surface area contributed by atoms with Crippen LogP contribution in [0.25, 0.3) is 0 Å². The molecule has 1 aromatic heterocycles. The molecule has 1 rings (SSSR count). The Morgan fingerprint density at radius 3 is 2.92 bits per heavy atom. The van der Waals surface area contributed by atoms with Crippen molar-refractivity contribution in [1.29, 1.82) is 0 Å². The van der Waals surface area contributed by atoms with Crippen LogP contribution in [0.3, 0.4) is 0 Å². The van der Waals surface area contributed by atoms with Crippen LogP contribution in [0.4, 0.5) is 0 Å². The summed E-state index contributed by atoms with van der Waals surface area (Å²) in [5.74, 6) is 0.942. The molecule has 0 amide bonds. The highest BCUT2D eigenvalue weighted by atomic mass is 127. The molecule has 68 valence electrons. The van der Waals surface area contributed by atoms with Gasteiger partial charge < -0.3 is 14.8 Å². The van der Waals surface area contributed by atoms with Gasteiger partial charge in [-0.05, 0) is 47.7 Å². The van der Waals surface area contributed by atoms with Crippen LogP contribution in [0.15, 0.2) is 16.5 Å². The summed E-state index contributed by atoms with van der Waals surface area (Å²) in [6, 6.07) is 3.89. The third-order valence-electron chi connectivity index (χ3n) is 1.44. The van der Waals surface area contributed by atoms with Crippen molar-refractivity contribution in [3.8, 4) is 0 Å². The highest BCUT2D eigenvalue weighted by Gasteiger charge is 1.97. The van der Waals surface area contributed by atoms with Gasteiger partial charge >= 0.3 is 0 Å². The van der Waals surface area contributed by atoms with Crippen molar-refractivity contribution in [2.24, 2.45) is 0 Å². The maximum Gasteiger partial charge on any atom is 0.164 e. The zero-order valence-corrected chi connectivity index (χ0v) is 8.87. The largest absolute Gasteiger partial charge is 0.454 e. The molecule has 0 fully saturated rings. The van der Waals surface area contributed by atoms with Crippen molar-refractivity contribution in [3.63, 3.8) is 0 Å². The van der Waals surface area contributed by atoms with E-state index in [0.29, 0.717) is 0 Å². The average Bonchev–Trinajstić information content (AvgIpc) is 2.45. The van der Waals surface area contributed by atoms with Gasteiger partial charge in [0.25, 0.3) is 0 Å². The maximum absolute atomic E-state index is 8.50. The summed E-state index contributed by atoms with van der Waals surface area (Å²) < 4.78 is 6.23. The number of nitrogens with one attached hydrogen (secondary N) is 1. The Kier molecular flexibility index (Phi) is 4.63. The lowest BCUT2D eigenvalue weighted by Crippen LogP contribution is -2.15. The van der Waals surface area contributed by atoms with Crippen LogP contribution in [0.2, 0.25) is 0 Å². The van der Waals surface area contributed by atoms with E-state index in [4.69, 9.17) is 9.52 Å². The van der Waals surface area contributed by atoms with Gasteiger partial charge in [-0.1, -0.05) is 0 Å². The van der Waals surface area contributed by atoms with E-state index >= 15 is 0 Å². The Morgan fingerprint density at radius 2 is 2.33 bits per heavy atom. The Labute approximate surface area is 85.3 Å². The molecule has 3 nitrogen and oxygen atoms in total. The molecular formula is C8H12INO2. The predicted octanol–water partition coefficient (Wildman–Crippen LogP) is 1.36. The summed E-state index contributed by atoms with van der Waals surface area (Å²) in [6.07, 6.45) is 0.789. The van der Waals surface area contributed by atoms with Gasteiger partial charge in [-0.3, -0.25) is 0 Å². The predicted molar refractivity (Wildman–Crippen MR) is 54.8 cm³/mol. The molecule has 0 aromatic carbocycles. The van der Waals surface area contributed by atoms with Crippen molar-refractivity contribution in [1.82, 2.24) is 5.32 Å². The molecule has 0 bridgehead atoms. The Balaban J connectivity index is 2.15. The molecule has 0 saturated carbocycles. The van der Waals surface area contributed by atoms with E-state index in [1.54, 1.807) is 0 Å². The fraction of sp³-hybridized carbons (Fsp3) is 0.500. The molecule has 0 radical (unpaired) electrons. The molecule has 0 spiro atoms. The molecule has 1 heterocycles. The fourth-order valence-electron chi connectivity index (χ4n) is 0.862. The number of furan rings is 1. The van der Waals surface area contributed by atoms with Gasteiger partial charge in [0.2, 0.25) is 0 Å². The first-order valence-corrected chi connectivity index (χ1v) is 4.96. The van der Waals surface area contributed by atoms with Crippen LogP contribution in [0.1, 0.15) is 12.2 Å². The normalized spacial score (nSPS) is 10.5. The molecule has 4 heteroatoms. The van der Waals surface area contributed by atoms with E-state index in [-0.39, 0.29) is 6.61 Å². The van der Waals surface area contributed by atoms with E-state index in [1.165, 1.54) is 0 Å². The number of aliphatic hydroxyl groups excluding tert-OH is 1. The number of aliphatic hydroxyl groups is 1. The second-order valence-corrected chi connectivity index (χ2v) is 3.52. The summed E-state index contributed by atoms with van der Waals surface area (Å²) in [7, 11) is 0. The quantitative estimate of drug-likeness (QED) is 0.632. The van der Waals surface area contributed by atoms with Crippen LogP contribution in [-0.4, -0.2) is 18.3 Å². The highest BCUT2D eigenvalue weighted by Crippen LogP contribution is 2.09. The number of hydrogen-bond acceptors (Lipinski definition) is 3. The Bertz CT molecular complexity index is 225. The fourth-order valence-corrected chi connectivity index (χ4v) is 1.33. The smallest absolute Gasteiger partial charge is 0.164 e. The lowest BCUT2D eigenvalue weighted by molar-refractivity contribution is 0.285. The van der Waals surface area contributed by atoms with Crippen LogP contribution in [-0.2, 0) is 6.54 Å². The van der Waals surface area contributed by atoms with E-state index in [0.717, 1.165) is 29.0 Å². The molecule has 0 aliphatic heterocycles. The molecule has 0 unspecified atom stereocenters. The topological polar surface area (TPSA) is 45.4 Å². The van der Waals surface area contributed by atoms with Crippen molar-refractivity contribution in [2.45, 2.75) is 13.0 Å². The lowest BCUT2D eigenvalue weighted by atomic mass is 10.4. The van der Waals surface area contributed by atoms with Gasteiger partial charge in [-0.25, -0.2) is 0 Å². The van der Waals surface area contributed by atoms with Gasteiger partial charge in [0, 0.05) is 6.61 Å². The molecule has 1 aromatic rings. The van der Waals surface area contributed by atoms with Gasteiger partial charge in [0.05, 0.1) is 6.54 Å². The monoisotopic (exact) mass is 281 g/mol. The van der Waals surface area contributed by atoms with E-state index in [9.17, 15) is 0 Å². The summed E-state index contributed by atoms with van der Waals surface area (Å²) in [4.78, 5) is 0. The summed E-state index contributed by atoms with van der Waals surface area (Å²) >= 11 is 2.13. The molecule has 12 heavy (non-hydrogen) atoms. The number of halogens is 1. The average molecular weight is 281 g/mol. The Morgan fingerprint density at radius 1 is 1.50 bits per heavy atom. The second-order valence-electron chi connectivity index (χ2n) is 2.46. The van der Waals surface area contributed by atoms with Crippen LogP contribution >= 0.6 is 22.6 Å². The van der Waals surface area contributed by atoms with Gasteiger partial charge in [0.15, 0.2) is 3.77 Å². The van der Waals surface area contributed by atoms with Crippen molar-refractivity contribution in [3.05, 3.63) is 21.7 Å². The number of rotatable bonds is 5. The maximum atomic E-state index is 8.50. The van der Waals surface area contributed by atoms with Gasteiger partial charge in [0.1, 0.15) is 5.76 Å². The van der Waals surface area contributed by atoms with Crippen LogP contribution in [0.5, 0.6) is 0 Å². The highest BCUT2D eigenvalue weighted by molar-refractivity contribution is 14.1. The summed E-state index contributed by atoms with van der Waals surface area (Å²) in [5.41, 5.74) is 0. The summed E-state index contributed by atoms with van der Waals surface area (Å²) in [5, 5.41) is 11.7. The minimum atomic E-state index is 0.239. The van der Waals surface area contributed by atoms with Crippen molar-refractivity contribution < 1.29 is 9.52 Å². The third-order valence-corrected chi connectivity index (χ3v) is 2.02. The summed E-state index contributed by atoms with van der Waals surface area (Å²) in [6.45, 7) is 1.81. The Hall–Kier alpha value is -0.0700. The van der Waals surface area contributed by atoms with E-state index in [2.05, 4.69) is 27.9 Å². The van der Waals surface area contributed by atoms with Gasteiger partial charge in [-0.15, -0.1) is 0 Å². The first-order valence-electron chi connectivity index (χ1n) is 3.88. The molecule has 0 aliphatic carbocycles. The van der Waals surface area contributed by atoms with E-state index in [1.807, 2.05) is 12.1 Å². The third kappa shape index (κ3) is 3.55. The SMILES string of the molecule is OCCCNCc1ccc(I)o1. The van der Waals surface area contributed by atoms with Crippen molar-refractivity contribution in [2.75, 3.05) is 13.2 Å². The van der Waals surface area contributed by atoms with Gasteiger partial charge in [-0.2, -0.15) is 0 Å². The minimum Gasteiger partial charge on any atom is -0.454 e. The molecule has 0 saturated heterocycles. The van der Waals surface area contributed by atoms with Crippen LogP contribution < -0.4 is 5.32 Å². The first kappa shape index (κ1) is 10.0. The molecule has 0 aliphatic rings. The zero-order chi connectivity index (χ0) is 8.81. The lowest BCUT2D eigenvalue weighted by Gasteiger charge is -1.99. The second kappa shape index (κ2) is 5.55. The molecule has 2 N–H and O–H groups in total. The standard InChI is InChI=1S/C8H12INO2/c9-8-3-2-7(12-8)6-10-4-1-5-11/h2-3,10-11H,1,4-6H2. The molecular weight excluding hydrogens is 269 g/mol. The van der Waals surface area contributed by atoms with Crippen molar-refractivity contribution >= 4 is 22.6 Å². The minimum absolute atomic E-state index is 0.239. The van der Waals surface area contributed by atoms with Crippen LogP contribution in [0, 0.1) is 3.77 Å². The van der Waals surface area contributed by atoms with E-state index < -0.39 is 0 Å². The first-order chi connectivity index (χ1) is 5.83. The number of hydrogen-bond donors (Lipinski definition) is 2. The zero-order valence-electron chi connectivity index (χ0n) is 6.72. The molecule has 0 atom stereocenters.